The number of carbonyl (C=O) groups excluding carboxylic acids is 1. The molecule has 31 heavy (non-hydrogen) atoms. The third-order valence-corrected chi connectivity index (χ3v) is 5.96. The molecule has 0 amide bonds. The van der Waals surface area contributed by atoms with Crippen LogP contribution in [0.15, 0.2) is 49.2 Å². The van der Waals surface area contributed by atoms with Crippen molar-refractivity contribution in [3.8, 4) is 11.3 Å². The number of aryl methyl sites for hydroxylation is 1. The highest BCUT2D eigenvalue weighted by Crippen LogP contribution is 2.23. The Morgan fingerprint density at radius 3 is 2.68 bits per heavy atom. The first-order valence-corrected chi connectivity index (χ1v) is 10.6. The van der Waals surface area contributed by atoms with Gasteiger partial charge in [0.25, 0.3) is 0 Å². The standard InChI is InChI=1S/C23H25N7O/c1-28-7-5-20(6-8-28)30-15-18(13-26-30)23(31)10-19-9-22-16(11-24-19)3-4-21(27-22)17-12-25-29(2)14-17/h3-4,9,11-15,20H,5-8,10H2,1-2H3. The molecule has 1 aliphatic heterocycles. The summed E-state index contributed by atoms with van der Waals surface area (Å²) in [5, 5.41) is 9.62. The molecule has 0 N–H and O–H groups in total. The van der Waals surface area contributed by atoms with Crippen LogP contribution in [0.3, 0.4) is 0 Å². The van der Waals surface area contributed by atoms with Crippen LogP contribution in [0.5, 0.6) is 0 Å². The Bertz CT molecular complexity index is 1230. The molecule has 0 saturated carbocycles. The number of piperidine rings is 1. The van der Waals surface area contributed by atoms with Gasteiger partial charge in [-0.3, -0.25) is 19.1 Å². The number of hydrogen-bond acceptors (Lipinski definition) is 6. The van der Waals surface area contributed by atoms with Crippen LogP contribution in [0.4, 0.5) is 0 Å². The van der Waals surface area contributed by atoms with Crippen LogP contribution in [-0.2, 0) is 13.5 Å². The van der Waals surface area contributed by atoms with Gasteiger partial charge in [-0.05, 0) is 51.2 Å². The number of fused-ring (bicyclic) bond motifs is 1. The van der Waals surface area contributed by atoms with Crippen LogP contribution >= 0.6 is 0 Å². The van der Waals surface area contributed by atoms with Gasteiger partial charge in [-0.2, -0.15) is 10.2 Å². The average Bonchev–Trinajstić information content (AvgIpc) is 3.43. The average molecular weight is 416 g/mol. The zero-order valence-corrected chi connectivity index (χ0v) is 17.8. The zero-order chi connectivity index (χ0) is 21.4. The highest BCUT2D eigenvalue weighted by atomic mass is 16.1. The van der Waals surface area contributed by atoms with Gasteiger partial charge in [0.05, 0.1) is 47.3 Å². The summed E-state index contributed by atoms with van der Waals surface area (Å²) in [5.41, 5.74) is 3.98. The highest BCUT2D eigenvalue weighted by Gasteiger charge is 2.20. The Morgan fingerprint density at radius 2 is 1.90 bits per heavy atom. The maximum absolute atomic E-state index is 12.9. The molecule has 5 rings (SSSR count). The summed E-state index contributed by atoms with van der Waals surface area (Å²) in [5.74, 6) is 0.0226. The fourth-order valence-corrected chi connectivity index (χ4v) is 4.08. The molecule has 4 aromatic rings. The Labute approximate surface area is 180 Å². The minimum atomic E-state index is 0.0226. The van der Waals surface area contributed by atoms with Crippen molar-refractivity contribution in [2.24, 2.45) is 7.05 Å². The number of rotatable bonds is 5. The largest absolute Gasteiger partial charge is 0.306 e. The van der Waals surface area contributed by atoms with Gasteiger partial charge in [-0.25, -0.2) is 4.98 Å². The van der Waals surface area contributed by atoms with Gasteiger partial charge < -0.3 is 4.90 Å². The van der Waals surface area contributed by atoms with Crippen molar-refractivity contribution >= 4 is 16.7 Å². The number of Topliss-reactive ketones (excluding diaryl/α,β-unsaturated/α-hetero) is 1. The van der Waals surface area contributed by atoms with Crippen molar-refractivity contribution in [1.82, 2.24) is 34.4 Å². The monoisotopic (exact) mass is 415 g/mol. The summed E-state index contributed by atoms with van der Waals surface area (Å²) in [6.07, 6.45) is 11.4. The van der Waals surface area contributed by atoms with Crippen LogP contribution in [0.2, 0.25) is 0 Å². The number of likely N-dealkylation sites (tertiary alicyclic amines) is 1. The zero-order valence-electron chi connectivity index (χ0n) is 17.8. The van der Waals surface area contributed by atoms with Gasteiger partial charge in [-0.1, -0.05) is 0 Å². The molecule has 0 unspecified atom stereocenters. The minimum Gasteiger partial charge on any atom is -0.306 e. The number of aromatic nitrogens is 6. The molecule has 1 saturated heterocycles. The molecule has 5 heterocycles. The molecule has 1 aliphatic rings. The van der Waals surface area contributed by atoms with E-state index in [1.165, 1.54) is 0 Å². The first-order chi connectivity index (χ1) is 15.0. The molecule has 0 bridgehead atoms. The summed E-state index contributed by atoms with van der Waals surface area (Å²) >= 11 is 0. The van der Waals surface area contributed by atoms with Crippen molar-refractivity contribution in [3.63, 3.8) is 0 Å². The summed E-state index contributed by atoms with van der Waals surface area (Å²) in [7, 11) is 4.02. The molecule has 0 atom stereocenters. The maximum atomic E-state index is 12.9. The number of nitrogens with zero attached hydrogens (tertiary/aromatic N) is 7. The lowest BCUT2D eigenvalue weighted by atomic mass is 10.1. The number of carbonyl (C=O) groups is 1. The van der Waals surface area contributed by atoms with E-state index in [4.69, 9.17) is 4.98 Å². The van der Waals surface area contributed by atoms with E-state index in [2.05, 4.69) is 27.1 Å². The van der Waals surface area contributed by atoms with Gasteiger partial charge in [0.15, 0.2) is 5.78 Å². The van der Waals surface area contributed by atoms with E-state index < -0.39 is 0 Å². The van der Waals surface area contributed by atoms with Gasteiger partial charge in [0.2, 0.25) is 0 Å². The predicted octanol–water partition coefficient (Wildman–Crippen LogP) is 2.92. The molecule has 0 spiro atoms. The Kier molecular flexibility index (Phi) is 5.07. The van der Waals surface area contributed by atoms with Gasteiger partial charge in [-0.15, -0.1) is 0 Å². The Hall–Kier alpha value is -3.39. The summed E-state index contributed by atoms with van der Waals surface area (Å²) in [4.78, 5) is 24.4. The van der Waals surface area contributed by atoms with E-state index >= 15 is 0 Å². The molecule has 8 heteroatoms. The molecule has 4 aromatic heterocycles. The second kappa shape index (κ2) is 8.03. The van der Waals surface area contributed by atoms with E-state index in [0.29, 0.717) is 17.3 Å². The molecule has 0 radical (unpaired) electrons. The van der Waals surface area contributed by atoms with Crippen LogP contribution < -0.4 is 0 Å². The molecule has 0 aromatic carbocycles. The van der Waals surface area contributed by atoms with Crippen LogP contribution in [0.1, 0.15) is 34.9 Å². The lowest BCUT2D eigenvalue weighted by Crippen LogP contribution is -2.31. The van der Waals surface area contributed by atoms with Gasteiger partial charge >= 0.3 is 0 Å². The first kappa shape index (κ1) is 19.6. The fourth-order valence-electron chi connectivity index (χ4n) is 4.08. The third-order valence-electron chi connectivity index (χ3n) is 5.96. The van der Waals surface area contributed by atoms with E-state index in [0.717, 1.165) is 48.1 Å². The number of ketones is 1. The molecule has 1 fully saturated rings. The molecule has 8 nitrogen and oxygen atoms in total. The van der Waals surface area contributed by atoms with E-state index in [9.17, 15) is 4.79 Å². The molecule has 158 valence electrons. The van der Waals surface area contributed by atoms with Gasteiger partial charge in [0.1, 0.15) is 0 Å². The number of hydrogen-bond donors (Lipinski definition) is 0. The topological polar surface area (TPSA) is 81.7 Å². The van der Waals surface area contributed by atoms with Crippen LogP contribution in [0.25, 0.3) is 22.2 Å². The third kappa shape index (κ3) is 4.11. The summed E-state index contributed by atoms with van der Waals surface area (Å²) < 4.78 is 3.71. The summed E-state index contributed by atoms with van der Waals surface area (Å²) in [6, 6.07) is 6.22. The van der Waals surface area contributed by atoms with E-state index in [-0.39, 0.29) is 12.2 Å². The maximum Gasteiger partial charge on any atom is 0.171 e. The lowest BCUT2D eigenvalue weighted by Gasteiger charge is -2.28. The second-order valence-corrected chi connectivity index (χ2v) is 8.31. The molecule has 0 aliphatic carbocycles. The van der Waals surface area contributed by atoms with E-state index in [1.54, 1.807) is 23.3 Å². The second-order valence-electron chi connectivity index (χ2n) is 8.31. The van der Waals surface area contributed by atoms with Crippen LogP contribution in [0, 0.1) is 0 Å². The van der Waals surface area contributed by atoms with Crippen molar-refractivity contribution in [2.75, 3.05) is 20.1 Å². The molecular weight excluding hydrogens is 390 g/mol. The SMILES string of the molecule is CN1CCC(n2cc(C(=O)Cc3cc4nc(-c5cnn(C)c5)ccc4cn3)cn2)CC1. The van der Waals surface area contributed by atoms with Crippen LogP contribution in [-0.4, -0.2) is 60.3 Å². The number of pyridine rings is 2. The smallest absolute Gasteiger partial charge is 0.171 e. The highest BCUT2D eigenvalue weighted by molar-refractivity contribution is 5.97. The van der Waals surface area contributed by atoms with Crippen molar-refractivity contribution in [1.29, 1.82) is 0 Å². The Balaban J connectivity index is 1.33. The quantitative estimate of drug-likeness (QED) is 0.466. The fraction of sp³-hybridized carbons (Fsp3) is 0.348. The minimum absolute atomic E-state index is 0.0226. The van der Waals surface area contributed by atoms with E-state index in [1.807, 2.05) is 42.3 Å². The van der Waals surface area contributed by atoms with Crippen molar-refractivity contribution < 1.29 is 4.79 Å². The van der Waals surface area contributed by atoms with Crippen molar-refractivity contribution in [3.05, 3.63) is 60.4 Å². The predicted molar refractivity (Wildman–Crippen MR) is 118 cm³/mol. The normalized spacial score (nSPS) is 15.5. The van der Waals surface area contributed by atoms with Crippen molar-refractivity contribution in [2.45, 2.75) is 25.3 Å². The van der Waals surface area contributed by atoms with Gasteiger partial charge in [0, 0.05) is 36.6 Å². The lowest BCUT2D eigenvalue weighted by molar-refractivity contribution is 0.0991. The first-order valence-electron chi connectivity index (χ1n) is 10.6. The summed E-state index contributed by atoms with van der Waals surface area (Å²) in [6.45, 7) is 2.12. The Morgan fingerprint density at radius 1 is 1.06 bits per heavy atom. The molecular formula is C23H25N7O.